The normalized spacial score (nSPS) is 10.7. The average molecular weight is 162 g/mol. The van der Waals surface area contributed by atoms with Gasteiger partial charge in [0.1, 0.15) is 0 Å². The molecular weight excluding hydrogens is 146 g/mol. The Kier molecular flexibility index (Phi) is 3.30. The highest BCUT2D eigenvalue weighted by Crippen LogP contribution is 2.13. The van der Waals surface area contributed by atoms with Crippen LogP contribution in [0, 0.1) is 5.92 Å². The molecule has 0 aliphatic rings. The summed E-state index contributed by atoms with van der Waals surface area (Å²) in [5, 5.41) is 0. The molecule has 1 aromatic carbocycles. The van der Waals surface area contributed by atoms with Gasteiger partial charge in [0.2, 0.25) is 0 Å². The second kappa shape index (κ2) is 4.27. The van der Waals surface area contributed by atoms with Crippen molar-refractivity contribution in [3.05, 3.63) is 41.3 Å². The third kappa shape index (κ3) is 2.35. The third-order valence-corrected chi connectivity index (χ3v) is 1.96. The molecule has 1 rings (SSSR count). The van der Waals surface area contributed by atoms with Gasteiger partial charge in [-0.25, -0.2) is 0 Å². The molecule has 0 amide bonds. The number of hydrogen-bond donors (Lipinski definition) is 1. The molecular formula is C11H16N. The van der Waals surface area contributed by atoms with Crippen LogP contribution in [0.25, 0.3) is 0 Å². The van der Waals surface area contributed by atoms with Crippen LogP contribution in [0.15, 0.2) is 24.3 Å². The first kappa shape index (κ1) is 9.27. The minimum atomic E-state index is 0.730. The van der Waals surface area contributed by atoms with Crippen LogP contribution in [-0.2, 0) is 6.42 Å². The summed E-state index contributed by atoms with van der Waals surface area (Å²) in [4.78, 5) is 0. The maximum Gasteiger partial charge on any atom is -0.00120 e. The number of rotatable bonds is 3. The molecule has 0 spiro atoms. The van der Waals surface area contributed by atoms with Crippen molar-refractivity contribution in [1.82, 2.24) is 0 Å². The highest BCUT2D eigenvalue weighted by Gasteiger charge is 1.98. The highest BCUT2D eigenvalue weighted by atomic mass is 14.5. The fourth-order valence-electron chi connectivity index (χ4n) is 1.17. The van der Waals surface area contributed by atoms with E-state index in [2.05, 4.69) is 38.1 Å². The van der Waals surface area contributed by atoms with Crippen molar-refractivity contribution in [1.29, 1.82) is 0 Å². The molecule has 1 radical (unpaired) electrons. The van der Waals surface area contributed by atoms with E-state index in [1.165, 1.54) is 17.0 Å². The Labute approximate surface area is 74.6 Å². The van der Waals surface area contributed by atoms with Gasteiger partial charge in [0.05, 0.1) is 0 Å². The largest absolute Gasteiger partial charge is 0.330 e. The molecule has 1 nitrogen and oxygen atoms in total. The van der Waals surface area contributed by atoms with Gasteiger partial charge in [-0.2, -0.15) is 0 Å². The average Bonchev–Trinajstić information content (AvgIpc) is 2.06. The van der Waals surface area contributed by atoms with Crippen LogP contribution in [0.1, 0.15) is 25.0 Å². The van der Waals surface area contributed by atoms with E-state index in [9.17, 15) is 0 Å². The maximum absolute atomic E-state index is 5.45. The molecule has 12 heavy (non-hydrogen) atoms. The molecule has 0 saturated carbocycles. The first-order chi connectivity index (χ1) is 5.74. The SMILES string of the molecule is C[C](C)c1ccc(CCN)cc1. The van der Waals surface area contributed by atoms with E-state index < -0.39 is 0 Å². The van der Waals surface area contributed by atoms with Crippen molar-refractivity contribution in [2.24, 2.45) is 5.73 Å². The standard InChI is InChI=1S/C11H16N/c1-9(2)11-5-3-10(4-6-11)7-8-12/h3-6H,7-8,12H2,1-2H3. The van der Waals surface area contributed by atoms with Crippen LogP contribution in [0.4, 0.5) is 0 Å². The van der Waals surface area contributed by atoms with Crippen LogP contribution in [-0.4, -0.2) is 6.54 Å². The summed E-state index contributed by atoms with van der Waals surface area (Å²) in [7, 11) is 0. The van der Waals surface area contributed by atoms with Crippen molar-refractivity contribution < 1.29 is 0 Å². The molecule has 0 heterocycles. The van der Waals surface area contributed by atoms with Crippen LogP contribution >= 0.6 is 0 Å². The van der Waals surface area contributed by atoms with Crippen LogP contribution < -0.4 is 5.73 Å². The van der Waals surface area contributed by atoms with E-state index in [1.54, 1.807) is 0 Å². The van der Waals surface area contributed by atoms with Crippen LogP contribution in [0.5, 0.6) is 0 Å². The predicted molar refractivity (Wildman–Crippen MR) is 52.9 cm³/mol. The molecule has 0 unspecified atom stereocenters. The molecule has 1 heteroatoms. The number of nitrogens with two attached hydrogens (primary N) is 1. The van der Waals surface area contributed by atoms with Crippen molar-refractivity contribution in [2.75, 3.05) is 6.54 Å². The number of benzene rings is 1. The quantitative estimate of drug-likeness (QED) is 0.724. The Bertz CT molecular complexity index is 223. The summed E-state index contributed by atoms with van der Waals surface area (Å²) >= 11 is 0. The molecule has 0 atom stereocenters. The summed E-state index contributed by atoms with van der Waals surface area (Å²) in [6.07, 6.45) is 0.975. The molecule has 2 N–H and O–H groups in total. The summed E-state index contributed by atoms with van der Waals surface area (Å²) in [5.74, 6) is 1.36. The first-order valence-corrected chi connectivity index (χ1v) is 4.33. The van der Waals surface area contributed by atoms with Gasteiger partial charge in [-0.05, 0) is 30.0 Å². The fraction of sp³-hybridized carbons (Fsp3) is 0.364. The van der Waals surface area contributed by atoms with Crippen molar-refractivity contribution in [3.63, 3.8) is 0 Å². The van der Waals surface area contributed by atoms with Crippen molar-refractivity contribution in [2.45, 2.75) is 20.3 Å². The predicted octanol–water partition coefficient (Wildman–Crippen LogP) is 2.15. The molecule has 1 aromatic rings. The molecule has 0 fully saturated rings. The van der Waals surface area contributed by atoms with Crippen molar-refractivity contribution in [3.8, 4) is 0 Å². The highest BCUT2D eigenvalue weighted by molar-refractivity contribution is 5.31. The lowest BCUT2D eigenvalue weighted by Crippen LogP contribution is -2.02. The molecule has 65 valence electrons. The number of hydrogen-bond acceptors (Lipinski definition) is 1. The van der Waals surface area contributed by atoms with E-state index in [4.69, 9.17) is 5.73 Å². The van der Waals surface area contributed by atoms with Crippen LogP contribution in [0.3, 0.4) is 0 Å². The van der Waals surface area contributed by atoms with Gasteiger partial charge in [-0.3, -0.25) is 0 Å². The molecule has 0 saturated heterocycles. The van der Waals surface area contributed by atoms with Gasteiger partial charge in [0.15, 0.2) is 0 Å². The van der Waals surface area contributed by atoms with Gasteiger partial charge >= 0.3 is 0 Å². The zero-order chi connectivity index (χ0) is 8.97. The van der Waals surface area contributed by atoms with E-state index in [1.807, 2.05) is 0 Å². The summed E-state index contributed by atoms with van der Waals surface area (Å²) < 4.78 is 0. The van der Waals surface area contributed by atoms with Gasteiger partial charge < -0.3 is 5.73 Å². The van der Waals surface area contributed by atoms with E-state index in [0.29, 0.717) is 0 Å². The van der Waals surface area contributed by atoms with E-state index in [0.717, 1.165) is 13.0 Å². The molecule has 0 aliphatic heterocycles. The van der Waals surface area contributed by atoms with E-state index >= 15 is 0 Å². The zero-order valence-electron chi connectivity index (χ0n) is 7.80. The smallest absolute Gasteiger partial charge is 0.00120 e. The van der Waals surface area contributed by atoms with Crippen LogP contribution in [0.2, 0.25) is 0 Å². The summed E-state index contributed by atoms with van der Waals surface area (Å²) in [5.41, 5.74) is 8.09. The lowest BCUT2D eigenvalue weighted by atomic mass is 10.0. The summed E-state index contributed by atoms with van der Waals surface area (Å²) in [6, 6.07) is 8.60. The Balaban J connectivity index is 2.71. The summed E-state index contributed by atoms with van der Waals surface area (Å²) in [6.45, 7) is 4.98. The Morgan fingerprint density at radius 1 is 1.17 bits per heavy atom. The van der Waals surface area contributed by atoms with Gasteiger partial charge in [-0.15, -0.1) is 0 Å². The maximum atomic E-state index is 5.45. The second-order valence-electron chi connectivity index (χ2n) is 3.24. The van der Waals surface area contributed by atoms with Crippen molar-refractivity contribution >= 4 is 0 Å². The fourth-order valence-corrected chi connectivity index (χ4v) is 1.17. The monoisotopic (exact) mass is 162 g/mol. The minimum Gasteiger partial charge on any atom is -0.330 e. The lowest BCUT2D eigenvalue weighted by Gasteiger charge is -2.05. The zero-order valence-corrected chi connectivity index (χ0v) is 7.80. The topological polar surface area (TPSA) is 26.0 Å². The van der Waals surface area contributed by atoms with Gasteiger partial charge in [-0.1, -0.05) is 38.1 Å². The first-order valence-electron chi connectivity index (χ1n) is 4.33. The minimum absolute atomic E-state index is 0.730. The lowest BCUT2D eigenvalue weighted by molar-refractivity contribution is 0.966. The Morgan fingerprint density at radius 2 is 1.75 bits per heavy atom. The Morgan fingerprint density at radius 3 is 2.17 bits per heavy atom. The molecule has 0 bridgehead atoms. The van der Waals surface area contributed by atoms with E-state index in [-0.39, 0.29) is 0 Å². The third-order valence-electron chi connectivity index (χ3n) is 1.96. The molecule has 0 aliphatic carbocycles. The molecule has 0 aromatic heterocycles. The van der Waals surface area contributed by atoms with Gasteiger partial charge in [0, 0.05) is 0 Å². The Hall–Kier alpha value is -0.820. The van der Waals surface area contributed by atoms with Gasteiger partial charge in [0.25, 0.3) is 0 Å². The second-order valence-corrected chi connectivity index (χ2v) is 3.24.